The van der Waals surface area contributed by atoms with Crippen molar-refractivity contribution < 1.29 is 18.4 Å². The van der Waals surface area contributed by atoms with E-state index in [-0.39, 0.29) is 5.92 Å². The summed E-state index contributed by atoms with van der Waals surface area (Å²) >= 11 is 0. The van der Waals surface area contributed by atoms with Gasteiger partial charge in [-0.2, -0.15) is 8.78 Å². The van der Waals surface area contributed by atoms with Crippen LogP contribution >= 0.6 is 0 Å². The van der Waals surface area contributed by atoms with E-state index in [9.17, 15) is 18.9 Å². The van der Waals surface area contributed by atoms with Crippen LogP contribution < -0.4 is 4.74 Å². The predicted molar refractivity (Wildman–Crippen MR) is 53.8 cm³/mol. The molecule has 0 aliphatic heterocycles. The molecule has 16 heavy (non-hydrogen) atoms. The molecule has 1 aromatic rings. The summed E-state index contributed by atoms with van der Waals surface area (Å²) in [4.78, 5) is 9.93. The van der Waals surface area contributed by atoms with Crippen LogP contribution in [0.25, 0.3) is 0 Å². The molecule has 0 bridgehead atoms. The number of hydrogen-bond acceptors (Lipinski definition) is 3. The summed E-state index contributed by atoms with van der Waals surface area (Å²) in [5.74, 6) is -0.330. The third-order valence-electron chi connectivity index (χ3n) is 2.06. The lowest BCUT2D eigenvalue weighted by atomic mass is 10.0. The van der Waals surface area contributed by atoms with E-state index in [4.69, 9.17) is 0 Å². The molecule has 0 heterocycles. The van der Waals surface area contributed by atoms with Gasteiger partial charge in [0, 0.05) is 6.07 Å². The van der Waals surface area contributed by atoms with Crippen molar-refractivity contribution >= 4 is 5.69 Å². The maximum absolute atomic E-state index is 12.0. The smallest absolute Gasteiger partial charge is 0.387 e. The fraction of sp³-hybridized carbons (Fsp3) is 0.400. The van der Waals surface area contributed by atoms with Crippen LogP contribution in [-0.2, 0) is 0 Å². The van der Waals surface area contributed by atoms with Gasteiger partial charge in [-0.3, -0.25) is 10.1 Å². The molecule has 0 amide bonds. The van der Waals surface area contributed by atoms with Gasteiger partial charge in [0.2, 0.25) is 5.75 Å². The Balaban J connectivity index is 3.14. The molecule has 0 aromatic heterocycles. The molecule has 1 aromatic carbocycles. The highest BCUT2D eigenvalue weighted by Gasteiger charge is 2.19. The van der Waals surface area contributed by atoms with E-state index >= 15 is 0 Å². The molecule has 6 heteroatoms. The van der Waals surface area contributed by atoms with Gasteiger partial charge >= 0.3 is 12.3 Å². The van der Waals surface area contributed by atoms with Gasteiger partial charge in [0.15, 0.2) is 0 Å². The molecule has 0 saturated carbocycles. The first-order valence-electron chi connectivity index (χ1n) is 4.65. The Hall–Kier alpha value is -1.72. The summed E-state index contributed by atoms with van der Waals surface area (Å²) in [5.41, 5.74) is 0.264. The van der Waals surface area contributed by atoms with E-state index in [2.05, 4.69) is 4.74 Å². The Labute approximate surface area is 91.0 Å². The molecule has 0 saturated heterocycles. The van der Waals surface area contributed by atoms with Gasteiger partial charge in [-0.15, -0.1) is 0 Å². The van der Waals surface area contributed by atoms with Crippen LogP contribution in [0.1, 0.15) is 25.3 Å². The van der Waals surface area contributed by atoms with Crippen molar-refractivity contribution in [3.63, 3.8) is 0 Å². The van der Waals surface area contributed by atoms with Crippen molar-refractivity contribution in [2.75, 3.05) is 0 Å². The largest absolute Gasteiger partial charge is 0.427 e. The summed E-state index contributed by atoms with van der Waals surface area (Å²) < 4.78 is 28.0. The molecule has 0 radical (unpaired) electrons. The molecule has 88 valence electrons. The zero-order valence-corrected chi connectivity index (χ0v) is 8.81. The first-order chi connectivity index (χ1) is 7.41. The van der Waals surface area contributed by atoms with E-state index in [1.807, 2.05) is 13.8 Å². The Morgan fingerprint density at radius 3 is 2.44 bits per heavy atom. The number of halogens is 2. The van der Waals surface area contributed by atoms with E-state index in [1.165, 1.54) is 18.2 Å². The van der Waals surface area contributed by atoms with Gasteiger partial charge in [0.1, 0.15) is 0 Å². The number of nitrogens with zero attached hydrogens (tertiary/aromatic N) is 1. The second-order valence-corrected chi connectivity index (χ2v) is 3.52. The molecule has 0 unspecified atom stereocenters. The second-order valence-electron chi connectivity index (χ2n) is 3.52. The van der Waals surface area contributed by atoms with E-state index in [0.717, 1.165) is 0 Å². The minimum Gasteiger partial charge on any atom is -0.427 e. The number of ether oxygens (including phenoxy) is 1. The topological polar surface area (TPSA) is 52.4 Å². The number of nitro benzene ring substituents is 1. The Kier molecular flexibility index (Phi) is 3.76. The van der Waals surface area contributed by atoms with Gasteiger partial charge in [0.05, 0.1) is 4.92 Å². The van der Waals surface area contributed by atoms with Crippen molar-refractivity contribution in [3.05, 3.63) is 33.9 Å². The Bertz CT molecular complexity index is 394. The molecule has 0 spiro atoms. The average Bonchev–Trinajstić information content (AvgIpc) is 2.16. The summed E-state index contributed by atoms with van der Waals surface area (Å²) in [7, 11) is 0. The van der Waals surface area contributed by atoms with Crippen LogP contribution in [0.2, 0.25) is 0 Å². The van der Waals surface area contributed by atoms with Crippen LogP contribution in [0.4, 0.5) is 14.5 Å². The number of benzene rings is 1. The van der Waals surface area contributed by atoms with Crippen molar-refractivity contribution in [1.82, 2.24) is 0 Å². The lowest BCUT2D eigenvalue weighted by molar-refractivity contribution is -0.386. The Morgan fingerprint density at radius 1 is 1.38 bits per heavy atom. The minimum absolute atomic E-state index is 0.0827. The third-order valence-corrected chi connectivity index (χ3v) is 2.06. The molecular formula is C10H11F2NO3. The highest BCUT2D eigenvalue weighted by atomic mass is 19.3. The standard InChI is InChI=1S/C10H11F2NO3/c1-6(2)7-3-4-9(16-10(11)12)8(5-7)13(14)15/h3-6,10H,1-2H3. The maximum atomic E-state index is 12.0. The van der Waals surface area contributed by atoms with Gasteiger partial charge < -0.3 is 4.74 Å². The summed E-state index contributed by atoms with van der Waals surface area (Å²) in [6.45, 7) is 0.642. The average molecular weight is 231 g/mol. The molecule has 0 fully saturated rings. The van der Waals surface area contributed by atoms with Crippen LogP contribution in [-0.4, -0.2) is 11.5 Å². The fourth-order valence-corrected chi connectivity index (χ4v) is 1.23. The predicted octanol–water partition coefficient (Wildman–Crippen LogP) is 3.32. The number of hydrogen-bond donors (Lipinski definition) is 0. The molecule has 0 N–H and O–H groups in total. The number of nitro groups is 1. The van der Waals surface area contributed by atoms with E-state index in [1.54, 1.807) is 0 Å². The number of rotatable bonds is 4. The van der Waals surface area contributed by atoms with Crippen molar-refractivity contribution in [2.24, 2.45) is 0 Å². The maximum Gasteiger partial charge on any atom is 0.387 e. The molecule has 1 rings (SSSR count). The van der Waals surface area contributed by atoms with Crippen LogP contribution in [0.15, 0.2) is 18.2 Å². The quantitative estimate of drug-likeness (QED) is 0.590. The Morgan fingerprint density at radius 2 is 2.00 bits per heavy atom. The zero-order chi connectivity index (χ0) is 12.3. The van der Waals surface area contributed by atoms with E-state index < -0.39 is 23.0 Å². The van der Waals surface area contributed by atoms with Gasteiger partial charge in [0.25, 0.3) is 0 Å². The van der Waals surface area contributed by atoms with Gasteiger partial charge in [-0.05, 0) is 17.5 Å². The lowest BCUT2D eigenvalue weighted by Crippen LogP contribution is -2.05. The van der Waals surface area contributed by atoms with Crippen molar-refractivity contribution in [2.45, 2.75) is 26.4 Å². The normalized spacial score (nSPS) is 10.9. The SMILES string of the molecule is CC(C)c1ccc(OC(F)F)c([N+](=O)[O-])c1. The first-order valence-corrected chi connectivity index (χ1v) is 4.65. The molecule has 0 atom stereocenters. The minimum atomic E-state index is -3.07. The molecular weight excluding hydrogens is 220 g/mol. The monoisotopic (exact) mass is 231 g/mol. The van der Waals surface area contributed by atoms with Crippen LogP contribution in [0, 0.1) is 10.1 Å². The number of alkyl halides is 2. The highest BCUT2D eigenvalue weighted by Crippen LogP contribution is 2.31. The van der Waals surface area contributed by atoms with Gasteiger partial charge in [-0.1, -0.05) is 19.9 Å². The third kappa shape index (κ3) is 2.88. The molecule has 0 aliphatic carbocycles. The van der Waals surface area contributed by atoms with Crippen molar-refractivity contribution in [1.29, 1.82) is 0 Å². The molecule has 0 aliphatic rings. The summed E-state index contributed by atoms with van der Waals surface area (Å²) in [6, 6.07) is 3.98. The highest BCUT2D eigenvalue weighted by molar-refractivity contribution is 5.49. The van der Waals surface area contributed by atoms with Crippen LogP contribution in [0.3, 0.4) is 0 Å². The molecule has 4 nitrogen and oxygen atoms in total. The zero-order valence-electron chi connectivity index (χ0n) is 8.81. The van der Waals surface area contributed by atoms with Crippen molar-refractivity contribution in [3.8, 4) is 5.75 Å². The lowest BCUT2D eigenvalue weighted by Gasteiger charge is -2.08. The summed E-state index contributed by atoms with van der Waals surface area (Å²) in [5, 5.41) is 10.7. The second kappa shape index (κ2) is 4.87. The summed E-state index contributed by atoms with van der Waals surface area (Å²) in [6.07, 6.45) is 0. The first kappa shape index (κ1) is 12.4. The van der Waals surface area contributed by atoms with E-state index in [0.29, 0.717) is 5.56 Å². The van der Waals surface area contributed by atoms with Crippen LogP contribution in [0.5, 0.6) is 5.75 Å². The van der Waals surface area contributed by atoms with Gasteiger partial charge in [-0.25, -0.2) is 0 Å². The fourth-order valence-electron chi connectivity index (χ4n) is 1.23.